The van der Waals surface area contributed by atoms with Crippen LogP contribution in [-0.4, -0.2) is 9.97 Å². The molecule has 3 nitrogen and oxygen atoms in total. The van der Waals surface area contributed by atoms with Gasteiger partial charge in [-0.3, -0.25) is 0 Å². The van der Waals surface area contributed by atoms with Crippen LogP contribution in [0, 0.1) is 12.7 Å². The quantitative estimate of drug-likeness (QED) is 0.658. The van der Waals surface area contributed by atoms with Gasteiger partial charge < -0.3 is 4.74 Å². The summed E-state index contributed by atoms with van der Waals surface area (Å²) in [6, 6.07) is 4.56. The third kappa shape index (κ3) is 3.71. The van der Waals surface area contributed by atoms with Crippen LogP contribution >= 0.6 is 27.5 Å². The first-order valence-electron chi connectivity index (χ1n) is 6.36. The fraction of sp³-hybridized carbons (Fsp3) is 0.333. The maximum absolute atomic E-state index is 13.9. The Balaban J connectivity index is 2.46. The molecule has 1 aromatic heterocycles. The second-order valence-corrected chi connectivity index (χ2v) is 6.97. The Kier molecular flexibility index (Phi) is 4.54. The Labute approximate surface area is 136 Å². The molecule has 2 rings (SSSR count). The van der Waals surface area contributed by atoms with Gasteiger partial charge >= 0.3 is 0 Å². The first kappa shape index (κ1) is 16.2. The number of nitrogens with zero attached hydrogens (tertiary/aromatic N) is 2. The van der Waals surface area contributed by atoms with Gasteiger partial charge in [0.15, 0.2) is 11.6 Å². The number of aromatic nitrogens is 2. The van der Waals surface area contributed by atoms with Crippen LogP contribution in [0.1, 0.15) is 32.2 Å². The molecule has 0 aliphatic rings. The topological polar surface area (TPSA) is 35.0 Å². The van der Waals surface area contributed by atoms with Gasteiger partial charge in [0.05, 0.1) is 0 Å². The van der Waals surface area contributed by atoms with Gasteiger partial charge in [0, 0.05) is 15.5 Å². The van der Waals surface area contributed by atoms with E-state index in [9.17, 15) is 4.39 Å². The summed E-state index contributed by atoms with van der Waals surface area (Å²) in [5.74, 6) is 0.429. The smallest absolute Gasteiger partial charge is 0.227 e. The summed E-state index contributed by atoms with van der Waals surface area (Å²) in [7, 11) is 0. The number of hydrogen-bond donors (Lipinski definition) is 0. The minimum Gasteiger partial charge on any atom is -0.435 e. The lowest BCUT2D eigenvalue weighted by Crippen LogP contribution is -2.17. The normalized spacial score (nSPS) is 11.6. The molecule has 0 saturated heterocycles. The van der Waals surface area contributed by atoms with Crippen LogP contribution in [0.25, 0.3) is 0 Å². The molecule has 0 N–H and O–H groups in total. The molecule has 0 spiro atoms. The molecule has 0 unspecified atom stereocenters. The molecule has 0 bridgehead atoms. The fourth-order valence-corrected chi connectivity index (χ4v) is 2.06. The molecule has 112 valence electrons. The van der Waals surface area contributed by atoms with Crippen molar-refractivity contribution >= 4 is 27.5 Å². The van der Waals surface area contributed by atoms with Crippen LogP contribution in [0.4, 0.5) is 4.39 Å². The highest BCUT2D eigenvalue weighted by molar-refractivity contribution is 9.10. The van der Waals surface area contributed by atoms with Crippen molar-refractivity contribution in [1.29, 1.82) is 0 Å². The van der Waals surface area contributed by atoms with Gasteiger partial charge in [-0.05, 0) is 25.1 Å². The van der Waals surface area contributed by atoms with E-state index in [4.69, 9.17) is 16.3 Å². The van der Waals surface area contributed by atoms with Crippen molar-refractivity contribution in [1.82, 2.24) is 9.97 Å². The first-order chi connectivity index (χ1) is 9.68. The molecule has 1 heterocycles. The minimum absolute atomic E-state index is 0.0934. The number of benzene rings is 1. The molecule has 1 aromatic carbocycles. The van der Waals surface area contributed by atoms with Crippen LogP contribution < -0.4 is 4.74 Å². The Morgan fingerprint density at radius 1 is 1.24 bits per heavy atom. The average Bonchev–Trinajstić information content (AvgIpc) is 2.36. The zero-order chi connectivity index (χ0) is 15.8. The van der Waals surface area contributed by atoms with Crippen molar-refractivity contribution in [2.24, 2.45) is 0 Å². The largest absolute Gasteiger partial charge is 0.435 e. The SMILES string of the molecule is Cc1c(Cl)nc(C(C)(C)C)nc1Oc1ccc(Br)cc1F. The van der Waals surface area contributed by atoms with Crippen molar-refractivity contribution in [3.05, 3.63) is 45.0 Å². The van der Waals surface area contributed by atoms with Gasteiger partial charge in [-0.25, -0.2) is 9.37 Å². The maximum atomic E-state index is 13.9. The lowest BCUT2D eigenvalue weighted by atomic mass is 9.96. The van der Waals surface area contributed by atoms with Gasteiger partial charge in [-0.15, -0.1) is 0 Å². The number of rotatable bonds is 2. The van der Waals surface area contributed by atoms with Crippen LogP contribution in [0.5, 0.6) is 11.6 Å². The van der Waals surface area contributed by atoms with E-state index in [0.29, 0.717) is 21.0 Å². The van der Waals surface area contributed by atoms with E-state index in [-0.39, 0.29) is 17.0 Å². The fourth-order valence-electron chi connectivity index (χ4n) is 1.57. The summed E-state index contributed by atoms with van der Waals surface area (Å²) in [6.45, 7) is 7.65. The van der Waals surface area contributed by atoms with E-state index >= 15 is 0 Å². The molecular weight excluding hydrogens is 359 g/mol. The van der Waals surface area contributed by atoms with Crippen molar-refractivity contribution in [2.75, 3.05) is 0 Å². The summed E-state index contributed by atoms with van der Waals surface area (Å²) >= 11 is 9.33. The number of hydrogen-bond acceptors (Lipinski definition) is 3. The molecule has 2 aromatic rings. The molecule has 0 saturated carbocycles. The summed E-state index contributed by atoms with van der Waals surface area (Å²) in [5.41, 5.74) is 0.292. The second kappa shape index (κ2) is 5.89. The highest BCUT2D eigenvalue weighted by atomic mass is 79.9. The van der Waals surface area contributed by atoms with Crippen molar-refractivity contribution in [2.45, 2.75) is 33.1 Å². The van der Waals surface area contributed by atoms with Crippen LogP contribution in [-0.2, 0) is 5.41 Å². The zero-order valence-electron chi connectivity index (χ0n) is 12.2. The summed E-state index contributed by atoms with van der Waals surface area (Å²) in [5, 5.41) is 0.308. The van der Waals surface area contributed by atoms with E-state index in [1.165, 1.54) is 12.1 Å². The van der Waals surface area contributed by atoms with Crippen molar-refractivity contribution in [3.63, 3.8) is 0 Å². The van der Waals surface area contributed by atoms with Gasteiger partial charge in [-0.1, -0.05) is 48.3 Å². The molecule has 0 aliphatic heterocycles. The van der Waals surface area contributed by atoms with Crippen LogP contribution in [0.3, 0.4) is 0 Å². The number of halogens is 3. The van der Waals surface area contributed by atoms with E-state index in [1.807, 2.05) is 20.8 Å². The van der Waals surface area contributed by atoms with E-state index in [1.54, 1.807) is 13.0 Å². The standard InChI is InChI=1S/C15H15BrClFN2O/c1-8-12(17)19-14(15(2,3)4)20-13(8)21-11-6-5-9(16)7-10(11)18/h5-7H,1-4H3. The van der Waals surface area contributed by atoms with Crippen LogP contribution in [0.2, 0.25) is 5.15 Å². The Hall–Kier alpha value is -1.20. The highest BCUT2D eigenvalue weighted by Crippen LogP contribution is 2.32. The Bertz CT molecular complexity index is 686. The van der Waals surface area contributed by atoms with Gasteiger partial charge in [0.1, 0.15) is 11.0 Å². The third-order valence-electron chi connectivity index (χ3n) is 2.81. The lowest BCUT2D eigenvalue weighted by molar-refractivity contribution is 0.414. The third-order valence-corrected chi connectivity index (χ3v) is 3.67. The Morgan fingerprint density at radius 3 is 2.48 bits per heavy atom. The first-order valence-corrected chi connectivity index (χ1v) is 7.53. The number of ether oxygens (including phenoxy) is 1. The summed E-state index contributed by atoms with van der Waals surface area (Å²) in [6.07, 6.45) is 0. The highest BCUT2D eigenvalue weighted by Gasteiger charge is 2.22. The van der Waals surface area contributed by atoms with Crippen molar-refractivity contribution < 1.29 is 9.13 Å². The molecule has 0 radical (unpaired) electrons. The van der Waals surface area contributed by atoms with E-state index in [0.717, 1.165) is 0 Å². The maximum Gasteiger partial charge on any atom is 0.227 e. The Morgan fingerprint density at radius 2 is 1.90 bits per heavy atom. The van der Waals surface area contributed by atoms with Gasteiger partial charge in [-0.2, -0.15) is 4.98 Å². The molecule has 0 atom stereocenters. The average molecular weight is 374 g/mol. The summed E-state index contributed by atoms with van der Waals surface area (Å²) in [4.78, 5) is 8.62. The predicted molar refractivity (Wildman–Crippen MR) is 84.7 cm³/mol. The zero-order valence-corrected chi connectivity index (χ0v) is 14.5. The molecular formula is C15H15BrClFN2O. The van der Waals surface area contributed by atoms with Gasteiger partial charge in [0.2, 0.25) is 5.88 Å². The second-order valence-electron chi connectivity index (χ2n) is 5.69. The monoisotopic (exact) mass is 372 g/mol. The van der Waals surface area contributed by atoms with Crippen LogP contribution in [0.15, 0.2) is 22.7 Å². The summed E-state index contributed by atoms with van der Waals surface area (Å²) < 4.78 is 20.1. The molecule has 0 fully saturated rings. The van der Waals surface area contributed by atoms with E-state index < -0.39 is 5.82 Å². The van der Waals surface area contributed by atoms with Gasteiger partial charge in [0.25, 0.3) is 0 Å². The van der Waals surface area contributed by atoms with E-state index in [2.05, 4.69) is 25.9 Å². The van der Waals surface area contributed by atoms with Crippen molar-refractivity contribution in [3.8, 4) is 11.6 Å². The molecule has 6 heteroatoms. The molecule has 0 aliphatic carbocycles. The minimum atomic E-state index is -0.476. The molecule has 0 amide bonds. The predicted octanol–water partition coefficient (Wildman–Crippen LogP) is 5.43. The lowest BCUT2D eigenvalue weighted by Gasteiger charge is -2.19. The molecule has 21 heavy (non-hydrogen) atoms.